The van der Waals surface area contributed by atoms with E-state index in [1.165, 1.54) is 16.9 Å². The summed E-state index contributed by atoms with van der Waals surface area (Å²) in [6.45, 7) is 8.57. The van der Waals surface area contributed by atoms with E-state index in [1.54, 1.807) is 34.2 Å². The first-order valence-corrected chi connectivity index (χ1v) is 10.4. The summed E-state index contributed by atoms with van der Waals surface area (Å²) >= 11 is 1.53. The van der Waals surface area contributed by atoms with Gasteiger partial charge in [0.2, 0.25) is 0 Å². The molecule has 148 valence electrons. The number of pyridine rings is 1. The lowest BCUT2D eigenvalue weighted by atomic mass is 10.1. The van der Waals surface area contributed by atoms with E-state index in [4.69, 9.17) is 4.98 Å². The van der Waals surface area contributed by atoms with Gasteiger partial charge in [-0.2, -0.15) is 5.10 Å². The van der Waals surface area contributed by atoms with Crippen molar-refractivity contribution in [1.82, 2.24) is 19.7 Å². The van der Waals surface area contributed by atoms with Crippen molar-refractivity contribution in [3.8, 4) is 0 Å². The molecule has 29 heavy (non-hydrogen) atoms. The molecular formula is C22H23N5OS. The molecule has 4 aromatic rings. The fraction of sp³-hybridized carbons (Fsp3) is 0.273. The van der Waals surface area contributed by atoms with Gasteiger partial charge in [-0.15, -0.1) is 0 Å². The normalized spacial score (nSPS) is 11.3. The number of hydrogen-bond donors (Lipinski definition) is 0. The van der Waals surface area contributed by atoms with Crippen LogP contribution in [0.3, 0.4) is 0 Å². The van der Waals surface area contributed by atoms with E-state index in [1.807, 2.05) is 26.0 Å². The fourth-order valence-electron chi connectivity index (χ4n) is 3.26. The van der Waals surface area contributed by atoms with Gasteiger partial charge in [0.1, 0.15) is 5.69 Å². The molecule has 7 heteroatoms. The van der Waals surface area contributed by atoms with Crippen LogP contribution in [0.1, 0.15) is 47.1 Å². The first-order valence-electron chi connectivity index (χ1n) is 9.56. The molecule has 0 saturated heterocycles. The van der Waals surface area contributed by atoms with Crippen LogP contribution < -0.4 is 4.90 Å². The molecule has 0 aliphatic heterocycles. The SMILES string of the molecule is Cc1ccc2sc(N(Cc3cccnc3)C(=O)c3ccnn3C(C)C)nc2c1C. The summed E-state index contributed by atoms with van der Waals surface area (Å²) in [5.41, 5.74) is 4.79. The highest BCUT2D eigenvalue weighted by molar-refractivity contribution is 7.22. The molecule has 6 nitrogen and oxygen atoms in total. The Morgan fingerprint density at radius 3 is 2.72 bits per heavy atom. The van der Waals surface area contributed by atoms with Gasteiger partial charge in [0.05, 0.1) is 16.8 Å². The third-order valence-electron chi connectivity index (χ3n) is 4.99. The van der Waals surface area contributed by atoms with Crippen molar-refractivity contribution in [3.63, 3.8) is 0 Å². The van der Waals surface area contributed by atoms with Gasteiger partial charge in [-0.1, -0.05) is 23.5 Å². The fourth-order valence-corrected chi connectivity index (χ4v) is 4.29. The van der Waals surface area contributed by atoms with Crippen LogP contribution >= 0.6 is 11.3 Å². The molecule has 4 rings (SSSR count). The zero-order valence-corrected chi connectivity index (χ0v) is 17.8. The third kappa shape index (κ3) is 3.65. The Labute approximate surface area is 173 Å². The molecule has 0 radical (unpaired) electrons. The van der Waals surface area contributed by atoms with Crippen LogP contribution in [-0.2, 0) is 6.54 Å². The summed E-state index contributed by atoms with van der Waals surface area (Å²) in [6.07, 6.45) is 5.18. The van der Waals surface area contributed by atoms with Crippen molar-refractivity contribution in [2.24, 2.45) is 0 Å². The van der Waals surface area contributed by atoms with Crippen LogP contribution in [0.5, 0.6) is 0 Å². The molecule has 0 saturated carbocycles. The second kappa shape index (κ2) is 7.75. The minimum absolute atomic E-state index is 0.0875. The lowest BCUT2D eigenvalue weighted by molar-refractivity contribution is 0.0973. The number of rotatable bonds is 5. The minimum Gasteiger partial charge on any atom is -0.278 e. The van der Waals surface area contributed by atoms with E-state index in [0.29, 0.717) is 17.4 Å². The molecule has 0 spiro atoms. The molecular weight excluding hydrogens is 382 g/mol. The van der Waals surface area contributed by atoms with Crippen molar-refractivity contribution >= 4 is 32.6 Å². The van der Waals surface area contributed by atoms with E-state index in [-0.39, 0.29) is 11.9 Å². The third-order valence-corrected chi connectivity index (χ3v) is 6.04. The number of hydrogen-bond acceptors (Lipinski definition) is 5. The average Bonchev–Trinajstić information content (AvgIpc) is 3.37. The highest BCUT2D eigenvalue weighted by Gasteiger charge is 2.25. The lowest BCUT2D eigenvalue weighted by Crippen LogP contribution is -2.32. The lowest BCUT2D eigenvalue weighted by Gasteiger charge is -2.21. The van der Waals surface area contributed by atoms with Gasteiger partial charge >= 0.3 is 0 Å². The smallest absolute Gasteiger partial charge is 0.278 e. The van der Waals surface area contributed by atoms with Crippen LogP contribution in [0.2, 0.25) is 0 Å². The van der Waals surface area contributed by atoms with Gasteiger partial charge in [0.15, 0.2) is 5.13 Å². The number of fused-ring (bicyclic) bond motifs is 1. The monoisotopic (exact) mass is 405 g/mol. The highest BCUT2D eigenvalue weighted by Crippen LogP contribution is 2.33. The summed E-state index contributed by atoms with van der Waals surface area (Å²) in [6, 6.07) is 9.87. The summed E-state index contributed by atoms with van der Waals surface area (Å²) in [7, 11) is 0. The van der Waals surface area contributed by atoms with E-state index in [2.05, 4.69) is 36.1 Å². The van der Waals surface area contributed by atoms with Gasteiger partial charge in [-0.05, 0) is 62.6 Å². The number of benzene rings is 1. The van der Waals surface area contributed by atoms with E-state index in [0.717, 1.165) is 21.3 Å². The summed E-state index contributed by atoms with van der Waals surface area (Å²) in [4.78, 5) is 24.3. The van der Waals surface area contributed by atoms with Gasteiger partial charge in [0.25, 0.3) is 5.91 Å². The topological polar surface area (TPSA) is 63.9 Å². The molecule has 3 heterocycles. The Balaban J connectivity index is 1.81. The molecule has 0 atom stereocenters. The van der Waals surface area contributed by atoms with Crippen molar-refractivity contribution in [2.45, 2.75) is 40.3 Å². The summed E-state index contributed by atoms with van der Waals surface area (Å²) in [5, 5.41) is 5.01. The number of aromatic nitrogens is 4. The van der Waals surface area contributed by atoms with Crippen molar-refractivity contribution in [2.75, 3.05) is 4.90 Å². The zero-order chi connectivity index (χ0) is 20.5. The van der Waals surface area contributed by atoms with Crippen LogP contribution in [0, 0.1) is 13.8 Å². The molecule has 0 aliphatic rings. The van der Waals surface area contributed by atoms with E-state index >= 15 is 0 Å². The van der Waals surface area contributed by atoms with Gasteiger partial charge in [0, 0.05) is 24.6 Å². The van der Waals surface area contributed by atoms with Crippen molar-refractivity contribution in [3.05, 3.63) is 71.3 Å². The second-order valence-corrected chi connectivity index (χ2v) is 8.37. The van der Waals surface area contributed by atoms with Crippen LogP contribution in [0.25, 0.3) is 10.2 Å². The number of anilines is 1. The standard InChI is InChI=1S/C22H23N5OS/c1-14(2)27-18(9-11-24-27)21(28)26(13-17-6-5-10-23-12-17)22-25-20-16(4)15(3)7-8-19(20)29-22/h5-12,14H,13H2,1-4H3. The Kier molecular flexibility index (Phi) is 5.15. The number of nitrogens with zero attached hydrogens (tertiary/aromatic N) is 5. The second-order valence-electron chi connectivity index (χ2n) is 7.36. The maximum Gasteiger partial charge on any atom is 0.278 e. The summed E-state index contributed by atoms with van der Waals surface area (Å²) in [5.74, 6) is -0.117. The van der Waals surface area contributed by atoms with Crippen LogP contribution in [-0.4, -0.2) is 25.7 Å². The first-order chi connectivity index (χ1) is 14.0. The van der Waals surface area contributed by atoms with Gasteiger partial charge in [-0.25, -0.2) is 4.98 Å². The number of thiazole rings is 1. The number of amides is 1. The van der Waals surface area contributed by atoms with Gasteiger partial charge < -0.3 is 0 Å². The van der Waals surface area contributed by atoms with E-state index < -0.39 is 0 Å². The Morgan fingerprint density at radius 2 is 2.00 bits per heavy atom. The van der Waals surface area contributed by atoms with E-state index in [9.17, 15) is 4.79 Å². The zero-order valence-electron chi connectivity index (χ0n) is 17.0. The highest BCUT2D eigenvalue weighted by atomic mass is 32.1. The average molecular weight is 406 g/mol. The molecule has 0 bridgehead atoms. The molecule has 1 aromatic carbocycles. The number of carbonyl (C=O) groups is 1. The molecule has 0 fully saturated rings. The predicted octanol–water partition coefficient (Wildman–Crippen LogP) is 4.93. The number of carbonyl (C=O) groups excluding carboxylic acids is 1. The molecule has 0 N–H and O–H groups in total. The number of aryl methyl sites for hydroxylation is 2. The van der Waals surface area contributed by atoms with Crippen molar-refractivity contribution < 1.29 is 4.79 Å². The predicted molar refractivity (Wildman–Crippen MR) is 116 cm³/mol. The summed E-state index contributed by atoms with van der Waals surface area (Å²) < 4.78 is 2.82. The molecule has 1 amide bonds. The minimum atomic E-state index is -0.117. The Bertz CT molecular complexity index is 1160. The molecule has 0 unspecified atom stereocenters. The van der Waals surface area contributed by atoms with Crippen LogP contribution in [0.15, 0.2) is 48.9 Å². The molecule has 3 aromatic heterocycles. The van der Waals surface area contributed by atoms with Crippen molar-refractivity contribution in [1.29, 1.82) is 0 Å². The Hall–Kier alpha value is -3.06. The molecule has 0 aliphatic carbocycles. The first kappa shape index (κ1) is 19.3. The quantitative estimate of drug-likeness (QED) is 0.472. The maximum atomic E-state index is 13.6. The maximum absolute atomic E-state index is 13.6. The largest absolute Gasteiger partial charge is 0.278 e. The Morgan fingerprint density at radius 1 is 1.17 bits per heavy atom. The van der Waals surface area contributed by atoms with Crippen LogP contribution in [0.4, 0.5) is 5.13 Å². The van der Waals surface area contributed by atoms with Gasteiger partial charge in [-0.3, -0.25) is 19.4 Å².